The van der Waals surface area contributed by atoms with E-state index in [0.717, 1.165) is 13.0 Å². The van der Waals surface area contributed by atoms with Gasteiger partial charge in [-0.3, -0.25) is 4.79 Å². The molecule has 0 aliphatic carbocycles. The monoisotopic (exact) mass is 194 g/mol. The molecule has 0 N–H and O–H groups in total. The second-order valence-electron chi connectivity index (χ2n) is 3.19. The fourth-order valence-corrected chi connectivity index (χ4v) is 1.79. The number of carbonyl (C=O) groups excluding carboxylic acids is 1. The van der Waals surface area contributed by atoms with Crippen LogP contribution in [0.2, 0.25) is 0 Å². The molecule has 1 amide bonds. The van der Waals surface area contributed by atoms with Crippen molar-refractivity contribution in [2.24, 2.45) is 0 Å². The van der Waals surface area contributed by atoms with E-state index in [9.17, 15) is 4.79 Å². The molecule has 0 aromatic heterocycles. The summed E-state index contributed by atoms with van der Waals surface area (Å²) in [5.74, 6) is 0. The van der Waals surface area contributed by atoms with Gasteiger partial charge in [0.2, 0.25) is 0 Å². The van der Waals surface area contributed by atoms with Crippen molar-refractivity contribution in [3.8, 4) is 0 Å². The van der Waals surface area contributed by atoms with E-state index in [1.807, 2.05) is 18.2 Å². The van der Waals surface area contributed by atoms with Gasteiger partial charge in [0.1, 0.15) is 0 Å². The van der Waals surface area contributed by atoms with Gasteiger partial charge in [-0.25, -0.2) is 0 Å². The van der Waals surface area contributed by atoms with Crippen molar-refractivity contribution in [2.75, 3.05) is 6.54 Å². The van der Waals surface area contributed by atoms with E-state index in [1.165, 1.54) is 11.1 Å². The third kappa shape index (κ3) is 1.68. The van der Waals surface area contributed by atoms with Crippen molar-refractivity contribution in [3.05, 3.63) is 35.4 Å². The van der Waals surface area contributed by atoms with Crippen LogP contribution in [0.1, 0.15) is 11.1 Å². The minimum absolute atomic E-state index is 0.352. The quantitative estimate of drug-likeness (QED) is 0.459. The first-order valence-electron chi connectivity index (χ1n) is 4.28. The minimum atomic E-state index is -0.352. The van der Waals surface area contributed by atoms with Crippen LogP contribution in [0.3, 0.4) is 0 Å². The molecule has 2 rings (SSSR count). The van der Waals surface area contributed by atoms with Crippen molar-refractivity contribution < 1.29 is 4.79 Å². The molecule has 0 bridgehead atoms. The SMILES string of the molecule is O=[11C](Cl)N1CCc2ccccc2C1. The maximum absolute atomic E-state index is 10.9. The van der Waals surface area contributed by atoms with Crippen LogP contribution in [0.5, 0.6) is 0 Å². The molecule has 1 aliphatic heterocycles. The van der Waals surface area contributed by atoms with Crippen LogP contribution < -0.4 is 0 Å². The molecular formula is C10H10ClNO. The van der Waals surface area contributed by atoms with Gasteiger partial charge in [-0.05, 0) is 29.1 Å². The number of rotatable bonds is 0. The molecule has 0 saturated heterocycles. The summed E-state index contributed by atoms with van der Waals surface area (Å²) in [5, 5.41) is -0.352. The molecule has 3 heteroatoms. The lowest BCUT2D eigenvalue weighted by Crippen LogP contribution is -2.32. The topological polar surface area (TPSA) is 20.3 Å². The van der Waals surface area contributed by atoms with Gasteiger partial charge in [0.15, 0.2) is 0 Å². The second kappa shape index (κ2) is 3.38. The van der Waals surface area contributed by atoms with E-state index < -0.39 is 0 Å². The van der Waals surface area contributed by atoms with Gasteiger partial charge in [0.25, 0.3) is 0 Å². The minimum Gasteiger partial charge on any atom is -0.325 e. The first-order valence-corrected chi connectivity index (χ1v) is 4.66. The predicted molar refractivity (Wildman–Crippen MR) is 51.8 cm³/mol. The van der Waals surface area contributed by atoms with Gasteiger partial charge in [-0.15, -0.1) is 0 Å². The molecule has 1 aromatic carbocycles. The predicted octanol–water partition coefficient (Wildman–Crippen LogP) is 2.40. The van der Waals surface area contributed by atoms with E-state index in [0.29, 0.717) is 6.54 Å². The van der Waals surface area contributed by atoms with Crippen molar-refractivity contribution in [1.82, 2.24) is 4.90 Å². The Kier molecular flexibility index (Phi) is 2.23. The number of fused-ring (bicyclic) bond motifs is 1. The molecule has 1 aliphatic rings. The third-order valence-electron chi connectivity index (χ3n) is 2.38. The summed E-state index contributed by atoms with van der Waals surface area (Å²) in [7, 11) is 0. The molecule has 0 spiro atoms. The van der Waals surface area contributed by atoms with E-state index in [2.05, 4.69) is 6.07 Å². The molecule has 0 unspecified atom stereocenters. The zero-order valence-corrected chi connectivity index (χ0v) is 7.92. The lowest BCUT2D eigenvalue weighted by molar-refractivity contribution is 0.216. The van der Waals surface area contributed by atoms with Crippen LogP contribution in [-0.4, -0.2) is 16.8 Å². The van der Waals surface area contributed by atoms with E-state index in [4.69, 9.17) is 11.6 Å². The molecule has 13 heavy (non-hydrogen) atoms. The highest BCUT2D eigenvalue weighted by Crippen LogP contribution is 2.19. The van der Waals surface area contributed by atoms with Crippen molar-refractivity contribution in [3.63, 3.8) is 0 Å². The molecule has 0 radical (unpaired) electrons. The Balaban J connectivity index is 2.24. The Morgan fingerprint density at radius 3 is 2.69 bits per heavy atom. The summed E-state index contributed by atoms with van der Waals surface area (Å²) in [5.41, 5.74) is 2.54. The van der Waals surface area contributed by atoms with E-state index >= 15 is 0 Å². The number of benzene rings is 1. The number of hydrogen-bond donors (Lipinski definition) is 0. The Hall–Kier alpha value is -1.02. The largest absolute Gasteiger partial charge is 0.325 e. The van der Waals surface area contributed by atoms with Crippen molar-refractivity contribution in [1.29, 1.82) is 0 Å². The van der Waals surface area contributed by atoms with E-state index in [1.54, 1.807) is 4.90 Å². The Morgan fingerprint density at radius 1 is 1.31 bits per heavy atom. The van der Waals surface area contributed by atoms with Crippen LogP contribution in [0.4, 0.5) is 4.79 Å². The smallest absolute Gasteiger partial charge is 0.316 e. The molecule has 1 heterocycles. The summed E-state index contributed by atoms with van der Waals surface area (Å²) < 4.78 is 0. The molecule has 2 nitrogen and oxygen atoms in total. The molecule has 1 aromatic rings. The lowest BCUT2D eigenvalue weighted by Gasteiger charge is -2.26. The van der Waals surface area contributed by atoms with Gasteiger partial charge in [-0.2, -0.15) is 0 Å². The third-order valence-corrected chi connectivity index (χ3v) is 2.62. The summed E-state index contributed by atoms with van der Waals surface area (Å²) in [4.78, 5) is 12.6. The van der Waals surface area contributed by atoms with Crippen molar-refractivity contribution in [2.45, 2.75) is 13.0 Å². The lowest BCUT2D eigenvalue weighted by atomic mass is 9.98. The summed E-state index contributed by atoms with van der Waals surface area (Å²) in [6.45, 7) is 1.39. The molecule has 68 valence electrons. The molecule has 0 saturated carbocycles. The second-order valence-corrected chi connectivity index (χ2v) is 3.52. The highest BCUT2D eigenvalue weighted by Gasteiger charge is 2.18. The first kappa shape index (κ1) is 8.57. The number of hydrogen-bond acceptors (Lipinski definition) is 1. The maximum Gasteiger partial charge on any atom is 0.316 e. The normalized spacial score (nSPS) is 15.3. The highest BCUT2D eigenvalue weighted by molar-refractivity contribution is 6.62. The fourth-order valence-electron chi connectivity index (χ4n) is 1.65. The number of nitrogens with zero attached hydrogens (tertiary/aromatic N) is 1. The van der Waals surface area contributed by atoms with Gasteiger partial charge in [0, 0.05) is 13.1 Å². The number of amides is 1. The van der Waals surface area contributed by atoms with E-state index in [-0.39, 0.29) is 5.37 Å². The maximum atomic E-state index is 10.9. The van der Waals surface area contributed by atoms with Crippen molar-refractivity contribution >= 4 is 17.0 Å². The summed E-state index contributed by atoms with van der Waals surface area (Å²) in [6, 6.07) is 8.16. The van der Waals surface area contributed by atoms with Crippen LogP contribution in [-0.2, 0) is 13.0 Å². The van der Waals surface area contributed by atoms with Crippen LogP contribution in [0.25, 0.3) is 0 Å². The van der Waals surface area contributed by atoms with Crippen LogP contribution in [0.15, 0.2) is 24.3 Å². The Morgan fingerprint density at radius 2 is 2.00 bits per heavy atom. The fraction of sp³-hybridized carbons (Fsp3) is 0.300. The number of halogens is 1. The standard InChI is InChI=1S/C10H10ClNO/c11-10(13)12-6-5-8-3-1-2-4-9(8)7-12/h1-4H,5-7H2/i10-1. The summed E-state index contributed by atoms with van der Waals surface area (Å²) in [6.07, 6.45) is 0.911. The first-order chi connectivity index (χ1) is 6.27. The Labute approximate surface area is 82.1 Å². The highest BCUT2D eigenvalue weighted by atomic mass is 35.5. The Bertz CT molecular complexity index is 337. The zero-order chi connectivity index (χ0) is 9.26. The average molecular weight is 195 g/mol. The average Bonchev–Trinajstić information content (AvgIpc) is 2.17. The van der Waals surface area contributed by atoms with Crippen LogP contribution in [0, 0.1) is 0 Å². The van der Waals surface area contributed by atoms with Gasteiger partial charge < -0.3 is 4.90 Å². The molecular weight excluding hydrogens is 185 g/mol. The number of carbonyl (C=O) groups is 1. The van der Waals surface area contributed by atoms with Gasteiger partial charge in [0.05, 0.1) is 0 Å². The van der Waals surface area contributed by atoms with Crippen LogP contribution >= 0.6 is 11.6 Å². The summed E-state index contributed by atoms with van der Waals surface area (Å²) >= 11 is 5.41. The molecule has 0 fully saturated rings. The zero-order valence-electron chi connectivity index (χ0n) is 7.16. The van der Waals surface area contributed by atoms with Gasteiger partial charge >= 0.3 is 5.37 Å². The molecule has 0 atom stereocenters. The van der Waals surface area contributed by atoms with Gasteiger partial charge in [-0.1, -0.05) is 24.3 Å².